The number of thioether (sulfide) groups is 1. The Morgan fingerprint density at radius 2 is 1.20 bits per heavy atom. The van der Waals surface area contributed by atoms with E-state index in [-0.39, 0.29) is 52.7 Å². The second-order valence-corrected chi connectivity index (χ2v) is 21.0. The van der Waals surface area contributed by atoms with Crippen LogP contribution in [0.5, 0.6) is 11.5 Å². The number of amides is 1. The van der Waals surface area contributed by atoms with Crippen molar-refractivity contribution >= 4 is 33.8 Å². The molecule has 0 aromatic heterocycles. The van der Waals surface area contributed by atoms with E-state index in [1.807, 2.05) is 13.8 Å². The van der Waals surface area contributed by atoms with Gasteiger partial charge in [0.25, 0.3) is 10.1 Å². The van der Waals surface area contributed by atoms with Crippen molar-refractivity contribution in [2.75, 3.05) is 18.9 Å². The summed E-state index contributed by atoms with van der Waals surface area (Å²) in [5.41, 5.74) is 3.16. The van der Waals surface area contributed by atoms with Gasteiger partial charge in [0, 0.05) is 39.3 Å². The molecule has 0 aliphatic rings. The van der Waals surface area contributed by atoms with Gasteiger partial charge in [-0.2, -0.15) is 8.42 Å². The maximum absolute atomic E-state index is 12.4. The van der Waals surface area contributed by atoms with E-state index in [0.29, 0.717) is 18.6 Å². The molecule has 0 radical (unpaired) electrons. The van der Waals surface area contributed by atoms with Gasteiger partial charge in [-0.05, 0) is 57.8 Å². The van der Waals surface area contributed by atoms with Crippen molar-refractivity contribution in [1.82, 2.24) is 5.32 Å². The van der Waals surface area contributed by atoms with Crippen molar-refractivity contribution < 1.29 is 37.5 Å². The van der Waals surface area contributed by atoms with Crippen LogP contribution in [0.2, 0.25) is 0 Å². The molecule has 0 atom stereocenters. The number of hydrogen-bond donors (Lipinski definition) is 4. The monoisotopic (exact) mass is 735 g/mol. The Balaban J connectivity index is 2.29. The quantitative estimate of drug-likeness (QED) is 0.0858. The molecule has 1 amide bonds. The number of ether oxygens (including phenoxy) is 1. The summed E-state index contributed by atoms with van der Waals surface area (Å²) >= 11 is 1.77. The van der Waals surface area contributed by atoms with Crippen molar-refractivity contribution in [2.24, 2.45) is 0 Å². The second-order valence-electron chi connectivity index (χ2n) is 17.7. The zero-order chi connectivity index (χ0) is 38.7. The second kappa shape index (κ2) is 15.9. The van der Waals surface area contributed by atoms with Gasteiger partial charge < -0.3 is 20.3 Å². The third kappa shape index (κ3) is 13.1. The highest BCUT2D eigenvalue weighted by Gasteiger charge is 2.32. The maximum Gasteiger partial charge on any atom is 0.306 e. The molecule has 0 aliphatic heterocycles. The number of phenolic OH excluding ortho intramolecular Hbond substituents is 2. The smallest absolute Gasteiger partial charge is 0.306 e. The molecule has 0 saturated heterocycles. The maximum atomic E-state index is 12.4. The van der Waals surface area contributed by atoms with E-state index >= 15 is 0 Å². The average Bonchev–Trinajstić information content (AvgIpc) is 2.90. The number of nitrogens with one attached hydrogen (secondary N) is 1. The highest BCUT2D eigenvalue weighted by Crippen LogP contribution is 2.46. The fraction of sp³-hybridized carbons (Fsp3) is 0.641. The van der Waals surface area contributed by atoms with E-state index in [2.05, 4.69) is 106 Å². The van der Waals surface area contributed by atoms with Crippen LogP contribution in [0.25, 0.3) is 0 Å². The third-order valence-corrected chi connectivity index (χ3v) is 10.5. The first-order valence-electron chi connectivity index (χ1n) is 17.2. The van der Waals surface area contributed by atoms with Gasteiger partial charge in [-0.3, -0.25) is 14.1 Å². The van der Waals surface area contributed by atoms with E-state index < -0.39 is 33.2 Å². The van der Waals surface area contributed by atoms with Crippen molar-refractivity contribution in [2.45, 2.75) is 147 Å². The topological polar surface area (TPSA) is 150 Å². The van der Waals surface area contributed by atoms with Crippen molar-refractivity contribution in [1.29, 1.82) is 0 Å². The van der Waals surface area contributed by atoms with Gasteiger partial charge in [-0.15, -0.1) is 11.8 Å². The largest absolute Gasteiger partial charge is 0.507 e. The SMILES string of the molecule is CC(C)(Cc1cc(C(C)(C)C)c(O)c(C(C)(C)CCOC(=O)CCC(=O)NCCS(=O)(=O)O)c1)Sc1cc(C(C)(C)C)c(O)c(C(C)(C)C)c1. The highest BCUT2D eigenvalue weighted by atomic mass is 32.2. The van der Waals surface area contributed by atoms with Crippen LogP contribution in [0, 0.1) is 0 Å². The standard InChI is InChI=1S/C39H61NO8S2/c1-35(2,3)27-20-25(24-39(12,13)49-26-22-28(36(4,5)6)33(43)29(23-26)37(7,8)9)21-30(34(27)44)38(10,11)16-18-48-32(42)15-14-31(41)40-17-19-50(45,46)47/h20-23,43-44H,14-19,24H2,1-13H3,(H,40,41)(H,45,46,47). The molecule has 50 heavy (non-hydrogen) atoms. The van der Waals surface area contributed by atoms with Crippen LogP contribution in [0.1, 0.15) is 137 Å². The minimum atomic E-state index is -4.19. The number of phenols is 2. The van der Waals surface area contributed by atoms with Crippen LogP contribution in [-0.2, 0) is 52.5 Å². The first kappa shape index (κ1) is 43.4. The fourth-order valence-electron chi connectivity index (χ4n) is 5.79. The highest BCUT2D eigenvalue weighted by molar-refractivity contribution is 8.00. The Morgan fingerprint density at radius 1 is 0.740 bits per heavy atom. The summed E-state index contributed by atoms with van der Waals surface area (Å²) in [6.45, 7) is 27.2. The summed E-state index contributed by atoms with van der Waals surface area (Å²) in [6, 6.07) is 8.38. The number of aromatic hydroxyl groups is 2. The van der Waals surface area contributed by atoms with Crippen LogP contribution in [0.15, 0.2) is 29.2 Å². The molecule has 4 N–H and O–H groups in total. The fourth-order valence-corrected chi connectivity index (χ4v) is 7.38. The molecule has 11 heteroatoms. The zero-order valence-electron chi connectivity index (χ0n) is 32.5. The number of hydrogen-bond acceptors (Lipinski definition) is 8. The number of carbonyl (C=O) groups excluding carboxylic acids is 2. The van der Waals surface area contributed by atoms with E-state index in [4.69, 9.17) is 9.29 Å². The van der Waals surface area contributed by atoms with Gasteiger partial charge in [0.15, 0.2) is 0 Å². The molecule has 0 saturated carbocycles. The number of rotatable bonds is 14. The Labute approximate surface area is 305 Å². The molecular formula is C39H61NO8S2. The molecule has 0 aliphatic carbocycles. The summed E-state index contributed by atoms with van der Waals surface area (Å²) in [4.78, 5) is 25.4. The predicted molar refractivity (Wildman–Crippen MR) is 203 cm³/mol. The van der Waals surface area contributed by atoms with E-state index in [9.17, 15) is 28.2 Å². The lowest BCUT2D eigenvalue weighted by Gasteiger charge is -2.33. The Morgan fingerprint density at radius 3 is 1.68 bits per heavy atom. The van der Waals surface area contributed by atoms with Crippen molar-refractivity contribution in [3.8, 4) is 11.5 Å². The van der Waals surface area contributed by atoms with Crippen LogP contribution in [0.3, 0.4) is 0 Å². The van der Waals surface area contributed by atoms with Crippen LogP contribution in [0.4, 0.5) is 0 Å². The van der Waals surface area contributed by atoms with Gasteiger partial charge in [0.1, 0.15) is 11.5 Å². The Kier molecular flexibility index (Phi) is 13.8. The molecule has 282 valence electrons. The molecule has 2 aromatic carbocycles. The van der Waals surface area contributed by atoms with Crippen LogP contribution in [-0.4, -0.2) is 58.7 Å². The molecule has 9 nitrogen and oxygen atoms in total. The predicted octanol–water partition coefficient (Wildman–Crippen LogP) is 8.10. The Bertz CT molecular complexity index is 1600. The minimum Gasteiger partial charge on any atom is -0.507 e. The minimum absolute atomic E-state index is 0.0825. The molecule has 0 spiro atoms. The lowest BCUT2D eigenvalue weighted by atomic mass is 9.75. The van der Waals surface area contributed by atoms with Crippen molar-refractivity contribution in [3.05, 3.63) is 52.1 Å². The van der Waals surface area contributed by atoms with E-state index in [1.54, 1.807) is 11.8 Å². The molecule has 2 aromatic rings. The molecule has 2 rings (SSSR count). The number of benzene rings is 2. The van der Waals surface area contributed by atoms with Crippen LogP contribution < -0.4 is 5.32 Å². The van der Waals surface area contributed by atoms with Crippen LogP contribution >= 0.6 is 11.8 Å². The first-order chi connectivity index (χ1) is 22.4. The normalized spacial score (nSPS) is 13.3. The van der Waals surface area contributed by atoms with Gasteiger partial charge in [0.05, 0.1) is 18.8 Å². The summed E-state index contributed by atoms with van der Waals surface area (Å²) < 4.78 is 35.6. The van der Waals surface area contributed by atoms with E-state index in [0.717, 1.165) is 32.7 Å². The third-order valence-electron chi connectivity index (χ3n) is 8.66. The molecule has 0 bridgehead atoms. The summed E-state index contributed by atoms with van der Waals surface area (Å²) in [5.74, 6) is -1.09. The lowest BCUT2D eigenvalue weighted by Crippen LogP contribution is -2.29. The lowest BCUT2D eigenvalue weighted by molar-refractivity contribution is -0.145. The molecule has 0 fully saturated rings. The number of esters is 1. The summed E-state index contributed by atoms with van der Waals surface area (Å²) in [6.07, 6.45) is 0.798. The summed E-state index contributed by atoms with van der Waals surface area (Å²) in [7, 11) is -4.19. The Hall–Kier alpha value is -2.76. The van der Waals surface area contributed by atoms with Gasteiger partial charge in [-0.1, -0.05) is 102 Å². The molecule has 0 heterocycles. The zero-order valence-corrected chi connectivity index (χ0v) is 34.1. The van der Waals surface area contributed by atoms with E-state index in [1.165, 1.54) is 0 Å². The molecular weight excluding hydrogens is 675 g/mol. The van der Waals surface area contributed by atoms with Gasteiger partial charge in [0.2, 0.25) is 5.91 Å². The average molecular weight is 736 g/mol. The summed E-state index contributed by atoms with van der Waals surface area (Å²) in [5, 5.41) is 25.2. The van der Waals surface area contributed by atoms with Gasteiger partial charge >= 0.3 is 5.97 Å². The number of carbonyl (C=O) groups is 2. The first-order valence-corrected chi connectivity index (χ1v) is 19.7. The molecule has 0 unspecified atom stereocenters. The van der Waals surface area contributed by atoms with Crippen molar-refractivity contribution in [3.63, 3.8) is 0 Å². The van der Waals surface area contributed by atoms with Gasteiger partial charge in [-0.25, -0.2) is 0 Å².